The third kappa shape index (κ3) is 3.00. The van der Waals surface area contributed by atoms with Crippen molar-refractivity contribution in [2.45, 2.75) is 30.2 Å². The number of likely N-dealkylation sites (N-methyl/N-ethyl adjacent to an activating group) is 1. The first-order valence-corrected chi connectivity index (χ1v) is 7.86. The molecule has 0 amide bonds. The van der Waals surface area contributed by atoms with E-state index in [1.165, 1.54) is 0 Å². The van der Waals surface area contributed by atoms with Crippen LogP contribution in [0.2, 0.25) is 0 Å². The second-order valence-corrected chi connectivity index (χ2v) is 6.27. The molecule has 110 valence electrons. The van der Waals surface area contributed by atoms with Crippen LogP contribution in [-0.4, -0.2) is 41.8 Å². The molecule has 20 heavy (non-hydrogen) atoms. The highest BCUT2D eigenvalue weighted by molar-refractivity contribution is 8.00. The van der Waals surface area contributed by atoms with Crippen molar-refractivity contribution in [2.24, 2.45) is 0 Å². The Bertz CT molecular complexity index is 454. The number of nitrogens with one attached hydrogen (secondary N) is 1. The van der Waals surface area contributed by atoms with E-state index in [0.29, 0.717) is 11.0 Å². The maximum absolute atomic E-state index is 11.8. The molecule has 1 aliphatic heterocycles. The average Bonchev–Trinajstić information content (AvgIpc) is 2.86. The molecule has 0 spiro atoms. The van der Waals surface area contributed by atoms with Crippen molar-refractivity contribution in [3.63, 3.8) is 0 Å². The van der Waals surface area contributed by atoms with Crippen molar-refractivity contribution in [3.05, 3.63) is 35.9 Å². The minimum Gasteiger partial charge on any atom is -0.480 e. The number of carboxylic acid groups (broad SMARTS) is 1. The number of aliphatic carboxylic acids is 1. The van der Waals surface area contributed by atoms with Gasteiger partial charge in [0.15, 0.2) is 5.54 Å². The zero-order valence-corrected chi connectivity index (χ0v) is 12.7. The van der Waals surface area contributed by atoms with E-state index in [4.69, 9.17) is 4.74 Å². The second-order valence-electron chi connectivity index (χ2n) is 5.04. The molecule has 1 heterocycles. The van der Waals surface area contributed by atoms with Crippen LogP contribution >= 0.6 is 11.8 Å². The van der Waals surface area contributed by atoms with Crippen molar-refractivity contribution >= 4 is 17.7 Å². The van der Waals surface area contributed by atoms with Gasteiger partial charge in [-0.3, -0.25) is 0 Å². The molecule has 0 saturated carbocycles. The molecule has 1 aromatic rings. The lowest BCUT2D eigenvalue weighted by Crippen LogP contribution is -2.50. The van der Waals surface area contributed by atoms with Crippen LogP contribution in [-0.2, 0) is 15.1 Å². The summed E-state index contributed by atoms with van der Waals surface area (Å²) in [5.41, 5.74) is -0.261. The van der Waals surface area contributed by atoms with E-state index in [1.807, 2.05) is 30.3 Å². The fourth-order valence-electron chi connectivity index (χ4n) is 2.48. The first kappa shape index (κ1) is 15.4. The molecule has 1 fully saturated rings. The summed E-state index contributed by atoms with van der Waals surface area (Å²) in [6, 6.07) is 9.36. The Morgan fingerprint density at radius 1 is 1.50 bits per heavy atom. The van der Waals surface area contributed by atoms with E-state index in [0.717, 1.165) is 18.6 Å². The molecule has 2 rings (SSSR count). The maximum atomic E-state index is 11.8. The van der Waals surface area contributed by atoms with Gasteiger partial charge in [0.2, 0.25) is 0 Å². The summed E-state index contributed by atoms with van der Waals surface area (Å²) in [6.07, 6.45) is 1.18. The van der Waals surface area contributed by atoms with Crippen molar-refractivity contribution < 1.29 is 14.6 Å². The van der Waals surface area contributed by atoms with Crippen LogP contribution in [0.1, 0.15) is 18.9 Å². The lowest BCUT2D eigenvalue weighted by molar-refractivity contribution is -0.144. The van der Waals surface area contributed by atoms with E-state index in [2.05, 4.69) is 12.2 Å². The summed E-state index contributed by atoms with van der Waals surface area (Å²) in [4.78, 5) is 11.8. The molecule has 0 aliphatic carbocycles. The fourth-order valence-corrected chi connectivity index (χ4v) is 3.99. The molecule has 2 N–H and O–H groups in total. The molecule has 3 unspecified atom stereocenters. The van der Waals surface area contributed by atoms with Crippen LogP contribution in [0.5, 0.6) is 0 Å². The van der Waals surface area contributed by atoms with Crippen molar-refractivity contribution in [1.29, 1.82) is 0 Å². The van der Waals surface area contributed by atoms with Crippen LogP contribution in [0.3, 0.4) is 0 Å². The minimum absolute atomic E-state index is 0.194. The van der Waals surface area contributed by atoms with Gasteiger partial charge in [-0.1, -0.05) is 30.3 Å². The predicted molar refractivity (Wildman–Crippen MR) is 81.1 cm³/mol. The average molecular weight is 295 g/mol. The van der Waals surface area contributed by atoms with Gasteiger partial charge in [-0.05, 0) is 26.0 Å². The van der Waals surface area contributed by atoms with E-state index in [1.54, 1.807) is 18.8 Å². The van der Waals surface area contributed by atoms with Gasteiger partial charge in [0, 0.05) is 17.6 Å². The van der Waals surface area contributed by atoms with E-state index in [-0.39, 0.29) is 6.10 Å². The molecule has 0 bridgehead atoms. The zero-order chi connectivity index (χ0) is 14.6. The Hall–Kier alpha value is -1.04. The summed E-state index contributed by atoms with van der Waals surface area (Å²) >= 11 is 1.68. The van der Waals surface area contributed by atoms with Gasteiger partial charge in [-0.25, -0.2) is 4.79 Å². The Labute approximate surface area is 123 Å². The molecule has 1 aromatic carbocycles. The first-order chi connectivity index (χ1) is 9.60. The monoisotopic (exact) mass is 295 g/mol. The first-order valence-electron chi connectivity index (χ1n) is 6.81. The number of hydrogen-bond acceptors (Lipinski definition) is 4. The van der Waals surface area contributed by atoms with Gasteiger partial charge in [-0.2, -0.15) is 11.8 Å². The van der Waals surface area contributed by atoms with E-state index >= 15 is 0 Å². The highest BCUT2D eigenvalue weighted by Crippen LogP contribution is 2.33. The number of benzene rings is 1. The van der Waals surface area contributed by atoms with E-state index in [9.17, 15) is 9.90 Å². The van der Waals surface area contributed by atoms with Crippen molar-refractivity contribution in [3.8, 4) is 0 Å². The number of hydrogen-bond donors (Lipinski definition) is 2. The smallest absolute Gasteiger partial charge is 0.329 e. The summed E-state index contributed by atoms with van der Waals surface area (Å²) in [5, 5.41) is 13.1. The normalized spacial score (nSPS) is 25.3. The van der Waals surface area contributed by atoms with Gasteiger partial charge in [-0.15, -0.1) is 0 Å². The number of rotatable bonds is 6. The summed E-state index contributed by atoms with van der Waals surface area (Å²) in [7, 11) is 1.70. The number of carboxylic acids is 1. The minimum atomic E-state index is -1.05. The Kier molecular flexibility index (Phi) is 5.07. The molecule has 1 saturated heterocycles. The fraction of sp³-hybridized carbons (Fsp3) is 0.533. The van der Waals surface area contributed by atoms with Crippen LogP contribution in [0, 0.1) is 0 Å². The summed E-state index contributed by atoms with van der Waals surface area (Å²) in [5.74, 6) is -0.355. The van der Waals surface area contributed by atoms with Gasteiger partial charge in [0.25, 0.3) is 0 Å². The highest BCUT2D eigenvalue weighted by Gasteiger charge is 2.40. The third-order valence-electron chi connectivity index (χ3n) is 3.88. The molecule has 0 radical (unpaired) electrons. The largest absolute Gasteiger partial charge is 0.480 e. The molecule has 3 atom stereocenters. The quantitative estimate of drug-likeness (QED) is 0.841. The van der Waals surface area contributed by atoms with Crippen molar-refractivity contribution in [2.75, 3.05) is 19.4 Å². The molecular formula is C15H21NO3S. The SMILES string of the molecule is CNC(CSC1CCOC1C)(C(=O)O)c1ccccc1. The van der Waals surface area contributed by atoms with Gasteiger partial charge < -0.3 is 15.2 Å². The maximum Gasteiger partial charge on any atom is 0.329 e. The van der Waals surface area contributed by atoms with Gasteiger partial charge in [0.05, 0.1) is 6.10 Å². The third-order valence-corrected chi connectivity index (χ3v) is 5.53. The predicted octanol–water partition coefficient (Wildman–Crippen LogP) is 2.10. The number of thioether (sulfide) groups is 1. The Morgan fingerprint density at radius 2 is 2.20 bits per heavy atom. The van der Waals surface area contributed by atoms with Crippen LogP contribution in [0.25, 0.3) is 0 Å². The number of carbonyl (C=O) groups is 1. The Balaban J connectivity index is 2.17. The Morgan fingerprint density at radius 3 is 2.70 bits per heavy atom. The molecule has 4 nitrogen and oxygen atoms in total. The highest BCUT2D eigenvalue weighted by atomic mass is 32.2. The molecule has 1 aliphatic rings. The number of ether oxygens (including phenoxy) is 1. The lowest BCUT2D eigenvalue weighted by Gasteiger charge is -2.30. The summed E-state index contributed by atoms with van der Waals surface area (Å²) in [6.45, 7) is 2.82. The lowest BCUT2D eigenvalue weighted by atomic mass is 9.92. The standard InChI is InChI=1S/C15H21NO3S/c1-11-13(8-9-19-11)20-10-15(16-2,14(17)18)12-6-4-3-5-7-12/h3-7,11,13,16H,8-10H2,1-2H3,(H,17,18). The van der Waals surface area contributed by atoms with Gasteiger partial charge >= 0.3 is 5.97 Å². The van der Waals surface area contributed by atoms with E-state index < -0.39 is 11.5 Å². The second kappa shape index (κ2) is 6.61. The van der Waals surface area contributed by atoms with Crippen LogP contribution < -0.4 is 5.32 Å². The molecule has 5 heteroatoms. The van der Waals surface area contributed by atoms with Crippen LogP contribution in [0.15, 0.2) is 30.3 Å². The van der Waals surface area contributed by atoms with Crippen molar-refractivity contribution in [1.82, 2.24) is 5.32 Å². The van der Waals surface area contributed by atoms with Crippen LogP contribution in [0.4, 0.5) is 0 Å². The summed E-state index contributed by atoms with van der Waals surface area (Å²) < 4.78 is 5.54. The molecular weight excluding hydrogens is 274 g/mol. The zero-order valence-electron chi connectivity index (χ0n) is 11.8. The topological polar surface area (TPSA) is 58.6 Å². The van der Waals surface area contributed by atoms with Gasteiger partial charge in [0.1, 0.15) is 0 Å². The molecule has 0 aromatic heterocycles.